The lowest BCUT2D eigenvalue weighted by atomic mass is 10.1. The van der Waals surface area contributed by atoms with Crippen molar-refractivity contribution in [3.05, 3.63) is 22.5 Å². The Balaban J connectivity index is 2.43. The molecule has 0 atom stereocenters. The summed E-state index contributed by atoms with van der Waals surface area (Å²) in [6.45, 7) is 1.43. The van der Waals surface area contributed by atoms with Crippen molar-refractivity contribution in [1.82, 2.24) is 0 Å². The van der Waals surface area contributed by atoms with Crippen LogP contribution in [0.15, 0.2) is 6.07 Å². The summed E-state index contributed by atoms with van der Waals surface area (Å²) in [5, 5.41) is -0.391. The minimum absolute atomic E-state index is 0.0183. The van der Waals surface area contributed by atoms with Crippen LogP contribution in [0.4, 0.5) is 4.39 Å². The summed E-state index contributed by atoms with van der Waals surface area (Å²) in [6, 6.07) is 1.07. The number of halogens is 2. The summed E-state index contributed by atoms with van der Waals surface area (Å²) in [5.41, 5.74) is -0.497. The molecule has 2 rings (SSSR count). The summed E-state index contributed by atoms with van der Waals surface area (Å²) in [7, 11) is 0. The number of carbonyl (C=O) groups is 2. The number of Topliss-reactive ketones (excluding diaryl/α,β-unsaturated/α-hetero) is 1. The third-order valence-electron chi connectivity index (χ3n) is 2.25. The first kappa shape index (κ1) is 12.6. The average molecular weight is 275 g/mol. The monoisotopic (exact) mass is 274 g/mol. The lowest BCUT2D eigenvalue weighted by molar-refractivity contribution is -0.137. The number of hydrogen-bond acceptors (Lipinski definition) is 5. The Bertz CT molecular complexity index is 529. The first-order valence-corrected chi connectivity index (χ1v) is 5.43. The second-order valence-electron chi connectivity index (χ2n) is 3.34. The summed E-state index contributed by atoms with van der Waals surface area (Å²) >= 11 is 5.69. The molecule has 0 unspecified atom stereocenters. The van der Waals surface area contributed by atoms with E-state index in [-0.39, 0.29) is 24.9 Å². The van der Waals surface area contributed by atoms with Crippen LogP contribution < -0.4 is 9.47 Å². The average Bonchev–Trinajstić information content (AvgIpc) is 2.81. The SMILES string of the molecule is CCOC(=O)C(=O)c1cc2c(c(Cl)c1F)OCO2. The quantitative estimate of drug-likeness (QED) is 0.479. The molecule has 0 aromatic heterocycles. The highest BCUT2D eigenvalue weighted by Crippen LogP contribution is 2.42. The third-order valence-corrected chi connectivity index (χ3v) is 2.59. The van der Waals surface area contributed by atoms with Crippen LogP contribution >= 0.6 is 11.6 Å². The molecule has 0 fully saturated rings. The maximum atomic E-state index is 13.8. The van der Waals surface area contributed by atoms with Crippen molar-refractivity contribution >= 4 is 23.4 Å². The first-order chi connectivity index (χ1) is 8.56. The molecule has 0 bridgehead atoms. The minimum Gasteiger partial charge on any atom is -0.460 e. The number of hydrogen-bond donors (Lipinski definition) is 0. The summed E-state index contributed by atoms with van der Waals surface area (Å²) in [4.78, 5) is 22.9. The van der Waals surface area contributed by atoms with Crippen molar-refractivity contribution in [2.45, 2.75) is 6.92 Å². The van der Waals surface area contributed by atoms with E-state index in [0.717, 1.165) is 6.07 Å². The summed E-state index contributed by atoms with van der Waals surface area (Å²) in [6.07, 6.45) is 0. The van der Waals surface area contributed by atoms with Crippen molar-refractivity contribution in [3.63, 3.8) is 0 Å². The van der Waals surface area contributed by atoms with Gasteiger partial charge < -0.3 is 14.2 Å². The van der Waals surface area contributed by atoms with Crippen LogP contribution in [0.5, 0.6) is 11.5 Å². The van der Waals surface area contributed by atoms with E-state index in [9.17, 15) is 14.0 Å². The van der Waals surface area contributed by atoms with Gasteiger partial charge in [-0.15, -0.1) is 0 Å². The van der Waals surface area contributed by atoms with Gasteiger partial charge in [-0.1, -0.05) is 11.6 Å². The Kier molecular flexibility index (Phi) is 3.38. The first-order valence-electron chi connectivity index (χ1n) is 5.05. The van der Waals surface area contributed by atoms with Gasteiger partial charge in [0.1, 0.15) is 5.02 Å². The molecule has 0 spiro atoms. The molecule has 0 amide bonds. The lowest BCUT2D eigenvalue weighted by Gasteiger charge is -2.06. The Morgan fingerprint density at radius 3 is 2.89 bits per heavy atom. The van der Waals surface area contributed by atoms with Gasteiger partial charge >= 0.3 is 5.97 Å². The number of fused-ring (bicyclic) bond motifs is 1. The highest BCUT2D eigenvalue weighted by atomic mass is 35.5. The molecule has 0 radical (unpaired) electrons. The minimum atomic E-state index is -1.15. The maximum Gasteiger partial charge on any atom is 0.379 e. The zero-order valence-corrected chi connectivity index (χ0v) is 10.0. The predicted octanol–water partition coefficient (Wildman–Crippen LogP) is 1.95. The topological polar surface area (TPSA) is 61.8 Å². The molecule has 0 aliphatic carbocycles. The highest BCUT2D eigenvalue weighted by Gasteiger charge is 2.29. The van der Waals surface area contributed by atoms with Crippen molar-refractivity contribution in [3.8, 4) is 11.5 Å². The predicted molar refractivity (Wildman–Crippen MR) is 58.5 cm³/mol. The van der Waals surface area contributed by atoms with E-state index in [1.807, 2.05) is 0 Å². The molecule has 7 heteroatoms. The zero-order valence-electron chi connectivity index (χ0n) is 9.29. The number of ketones is 1. The van der Waals surface area contributed by atoms with Crippen molar-refractivity contribution in [2.24, 2.45) is 0 Å². The molecular formula is C11H8ClFO5. The molecule has 96 valence electrons. The fraction of sp³-hybridized carbons (Fsp3) is 0.273. The number of esters is 1. The van der Waals surface area contributed by atoms with Gasteiger partial charge in [0.25, 0.3) is 5.78 Å². The van der Waals surface area contributed by atoms with Gasteiger partial charge in [0.15, 0.2) is 17.3 Å². The van der Waals surface area contributed by atoms with Crippen molar-refractivity contribution < 1.29 is 28.2 Å². The van der Waals surface area contributed by atoms with Crippen LogP contribution in [0.3, 0.4) is 0 Å². The van der Waals surface area contributed by atoms with Crippen molar-refractivity contribution in [1.29, 1.82) is 0 Å². The summed E-state index contributed by atoms with van der Waals surface area (Å²) < 4.78 is 28.2. The number of ether oxygens (including phenoxy) is 3. The van der Waals surface area contributed by atoms with Crippen LogP contribution in [0, 0.1) is 5.82 Å². The lowest BCUT2D eigenvalue weighted by Crippen LogP contribution is -2.19. The fourth-order valence-electron chi connectivity index (χ4n) is 1.45. The summed E-state index contributed by atoms with van der Waals surface area (Å²) in [5.74, 6) is -3.15. The van der Waals surface area contributed by atoms with E-state index < -0.39 is 28.2 Å². The second kappa shape index (κ2) is 4.81. The molecular weight excluding hydrogens is 267 g/mol. The Morgan fingerprint density at radius 1 is 1.50 bits per heavy atom. The molecule has 18 heavy (non-hydrogen) atoms. The van der Waals surface area contributed by atoms with Gasteiger partial charge in [-0.3, -0.25) is 4.79 Å². The van der Waals surface area contributed by atoms with Crippen LogP contribution in [0.2, 0.25) is 5.02 Å². The van der Waals surface area contributed by atoms with E-state index in [2.05, 4.69) is 4.74 Å². The molecule has 1 aliphatic rings. The molecule has 0 saturated carbocycles. The molecule has 5 nitrogen and oxygen atoms in total. The smallest absolute Gasteiger partial charge is 0.379 e. The van der Waals surface area contributed by atoms with Crippen LogP contribution in [0.25, 0.3) is 0 Å². The van der Waals surface area contributed by atoms with Gasteiger partial charge in [-0.25, -0.2) is 9.18 Å². The molecule has 1 aromatic rings. The van der Waals surface area contributed by atoms with Crippen molar-refractivity contribution in [2.75, 3.05) is 13.4 Å². The van der Waals surface area contributed by atoms with Gasteiger partial charge in [0.2, 0.25) is 6.79 Å². The molecule has 1 heterocycles. The van der Waals surface area contributed by atoms with Gasteiger partial charge in [0, 0.05) is 0 Å². The molecule has 1 aliphatic heterocycles. The standard InChI is InChI=1S/C11H8ClFO5/c1-2-16-11(15)9(14)5-3-6-10(18-4-17-6)7(12)8(5)13/h3H,2,4H2,1H3. The fourth-order valence-corrected chi connectivity index (χ4v) is 1.70. The maximum absolute atomic E-state index is 13.8. The van der Waals surface area contributed by atoms with Gasteiger partial charge in [-0.05, 0) is 13.0 Å². The molecule has 0 saturated heterocycles. The van der Waals surface area contributed by atoms with E-state index in [1.165, 1.54) is 6.92 Å². The number of benzene rings is 1. The van der Waals surface area contributed by atoms with Crippen LogP contribution in [-0.4, -0.2) is 25.2 Å². The van der Waals surface area contributed by atoms with E-state index in [4.69, 9.17) is 21.1 Å². The Morgan fingerprint density at radius 2 is 2.22 bits per heavy atom. The number of rotatable bonds is 3. The highest BCUT2D eigenvalue weighted by molar-refractivity contribution is 6.41. The van der Waals surface area contributed by atoms with E-state index in [0.29, 0.717) is 0 Å². The Hall–Kier alpha value is -1.82. The van der Waals surface area contributed by atoms with E-state index in [1.54, 1.807) is 0 Å². The largest absolute Gasteiger partial charge is 0.460 e. The van der Waals surface area contributed by atoms with Crippen LogP contribution in [0.1, 0.15) is 17.3 Å². The third kappa shape index (κ3) is 1.99. The van der Waals surface area contributed by atoms with E-state index >= 15 is 0 Å². The zero-order chi connectivity index (χ0) is 13.3. The van der Waals surface area contributed by atoms with Gasteiger partial charge in [-0.2, -0.15) is 0 Å². The normalized spacial score (nSPS) is 12.4. The molecule has 1 aromatic carbocycles. The van der Waals surface area contributed by atoms with Gasteiger partial charge in [0.05, 0.1) is 12.2 Å². The van der Waals surface area contributed by atoms with Crippen LogP contribution in [-0.2, 0) is 9.53 Å². The second-order valence-corrected chi connectivity index (χ2v) is 3.71. The molecule has 0 N–H and O–H groups in total. The number of carbonyl (C=O) groups excluding carboxylic acids is 2. The Labute approximate surface area is 106 Å².